The monoisotopic (exact) mass is 229 g/mol. The quantitative estimate of drug-likeness (QED) is 0.879. The minimum Gasteiger partial charge on any atom is -0.481 e. The zero-order chi connectivity index (χ0) is 12.3. The predicted octanol–water partition coefficient (Wildman–Crippen LogP) is 2.48. The molecule has 0 aliphatic heterocycles. The number of aliphatic hydroxyl groups is 1. The maximum atomic E-state index is 10.3. The normalized spacial score (nSPS) is 12.2. The van der Waals surface area contributed by atoms with Crippen LogP contribution in [0.3, 0.4) is 0 Å². The molecule has 1 aromatic carbocycles. The van der Waals surface area contributed by atoms with Crippen LogP contribution in [0.1, 0.15) is 22.8 Å². The summed E-state index contributed by atoms with van der Waals surface area (Å²) in [4.78, 5) is 4.12. The number of rotatable bonds is 3. The van der Waals surface area contributed by atoms with Crippen molar-refractivity contribution in [3.63, 3.8) is 0 Å². The van der Waals surface area contributed by atoms with E-state index in [1.54, 1.807) is 13.3 Å². The molecule has 0 aliphatic rings. The Kier molecular flexibility index (Phi) is 3.40. The number of benzene rings is 1. The lowest BCUT2D eigenvalue weighted by atomic mass is 10.00. The summed E-state index contributed by atoms with van der Waals surface area (Å²) >= 11 is 0. The average molecular weight is 229 g/mol. The van der Waals surface area contributed by atoms with Crippen molar-refractivity contribution in [2.75, 3.05) is 7.11 Å². The molecule has 0 amide bonds. The topological polar surface area (TPSA) is 42.4 Å². The number of aliphatic hydroxyl groups excluding tert-OH is 1. The average Bonchev–Trinajstić information content (AvgIpc) is 2.39. The standard InChI is InChI=1S/C14H15NO2/c1-10-8-13(17-2)15-9-12(10)14(16)11-6-4-3-5-7-11/h3-9,14,16H,1-2H3/t14-/m0/s1. The summed E-state index contributed by atoms with van der Waals surface area (Å²) in [6, 6.07) is 11.4. The minimum absolute atomic E-state index is 0.562. The van der Waals surface area contributed by atoms with Gasteiger partial charge in [0.1, 0.15) is 6.10 Å². The number of pyridine rings is 1. The van der Waals surface area contributed by atoms with E-state index in [4.69, 9.17) is 4.74 Å². The van der Waals surface area contributed by atoms with Gasteiger partial charge < -0.3 is 9.84 Å². The van der Waals surface area contributed by atoms with Crippen LogP contribution in [-0.2, 0) is 0 Å². The number of ether oxygens (including phenoxy) is 1. The van der Waals surface area contributed by atoms with Crippen LogP contribution in [0.5, 0.6) is 5.88 Å². The molecule has 17 heavy (non-hydrogen) atoms. The van der Waals surface area contributed by atoms with Gasteiger partial charge in [0.05, 0.1) is 7.11 Å². The Morgan fingerprint density at radius 2 is 1.94 bits per heavy atom. The molecule has 88 valence electrons. The molecule has 0 spiro atoms. The van der Waals surface area contributed by atoms with Crippen molar-refractivity contribution in [2.45, 2.75) is 13.0 Å². The second-order valence-electron chi connectivity index (χ2n) is 3.90. The van der Waals surface area contributed by atoms with Gasteiger partial charge in [0.15, 0.2) is 0 Å². The summed E-state index contributed by atoms with van der Waals surface area (Å²) in [5.74, 6) is 0.562. The Bertz CT molecular complexity index is 497. The summed E-state index contributed by atoms with van der Waals surface area (Å²) in [7, 11) is 1.58. The Morgan fingerprint density at radius 1 is 1.24 bits per heavy atom. The van der Waals surface area contributed by atoms with E-state index < -0.39 is 6.10 Å². The molecule has 2 rings (SSSR count). The molecule has 1 aromatic heterocycles. The van der Waals surface area contributed by atoms with Gasteiger partial charge in [-0.15, -0.1) is 0 Å². The fourth-order valence-corrected chi connectivity index (χ4v) is 1.75. The van der Waals surface area contributed by atoms with Gasteiger partial charge in [-0.25, -0.2) is 4.98 Å². The zero-order valence-electron chi connectivity index (χ0n) is 9.92. The number of hydrogen-bond donors (Lipinski definition) is 1. The fourth-order valence-electron chi connectivity index (χ4n) is 1.75. The second kappa shape index (κ2) is 4.97. The highest BCUT2D eigenvalue weighted by Crippen LogP contribution is 2.25. The molecule has 0 radical (unpaired) electrons. The van der Waals surface area contributed by atoms with E-state index in [9.17, 15) is 5.11 Å². The van der Waals surface area contributed by atoms with Crippen LogP contribution in [0, 0.1) is 6.92 Å². The summed E-state index contributed by atoms with van der Waals surface area (Å²) < 4.78 is 5.04. The SMILES string of the molecule is COc1cc(C)c([C@@H](O)c2ccccc2)cn1. The number of hydrogen-bond acceptors (Lipinski definition) is 3. The highest BCUT2D eigenvalue weighted by Gasteiger charge is 2.13. The highest BCUT2D eigenvalue weighted by atomic mass is 16.5. The summed E-state index contributed by atoms with van der Waals surface area (Å²) in [6.45, 7) is 1.94. The Balaban J connectivity index is 2.34. The summed E-state index contributed by atoms with van der Waals surface area (Å²) in [5, 5.41) is 10.3. The van der Waals surface area contributed by atoms with Crippen LogP contribution in [0.25, 0.3) is 0 Å². The molecule has 3 heteroatoms. The van der Waals surface area contributed by atoms with Crippen molar-refractivity contribution in [1.82, 2.24) is 4.98 Å². The Hall–Kier alpha value is -1.87. The third kappa shape index (κ3) is 2.45. The first-order chi connectivity index (χ1) is 8.22. The molecule has 1 N–H and O–H groups in total. The van der Waals surface area contributed by atoms with Gasteiger partial charge in [-0.1, -0.05) is 30.3 Å². The lowest BCUT2D eigenvalue weighted by molar-refractivity contribution is 0.219. The number of aromatic nitrogens is 1. The van der Waals surface area contributed by atoms with E-state index >= 15 is 0 Å². The van der Waals surface area contributed by atoms with Crippen molar-refractivity contribution in [3.05, 3.63) is 59.3 Å². The van der Waals surface area contributed by atoms with Gasteiger partial charge >= 0.3 is 0 Å². The number of methoxy groups -OCH3 is 1. The van der Waals surface area contributed by atoms with E-state index in [1.165, 1.54) is 0 Å². The molecule has 2 aromatic rings. The molecule has 0 fully saturated rings. The summed E-state index contributed by atoms with van der Waals surface area (Å²) in [6.07, 6.45) is 1.01. The molecule has 0 saturated heterocycles. The van der Waals surface area contributed by atoms with Crippen LogP contribution in [0.15, 0.2) is 42.6 Å². The van der Waals surface area contributed by atoms with Gasteiger partial charge in [-0.2, -0.15) is 0 Å². The van der Waals surface area contributed by atoms with Gasteiger partial charge in [0.25, 0.3) is 0 Å². The zero-order valence-corrected chi connectivity index (χ0v) is 9.92. The first kappa shape index (κ1) is 11.6. The minimum atomic E-state index is -0.644. The van der Waals surface area contributed by atoms with E-state index in [0.717, 1.165) is 16.7 Å². The molecule has 0 bridgehead atoms. The Morgan fingerprint density at radius 3 is 2.53 bits per heavy atom. The van der Waals surface area contributed by atoms with Gasteiger partial charge in [-0.05, 0) is 18.1 Å². The smallest absolute Gasteiger partial charge is 0.213 e. The highest BCUT2D eigenvalue weighted by molar-refractivity contribution is 5.35. The van der Waals surface area contributed by atoms with Crippen molar-refractivity contribution < 1.29 is 9.84 Å². The van der Waals surface area contributed by atoms with E-state index in [-0.39, 0.29) is 0 Å². The van der Waals surface area contributed by atoms with Gasteiger partial charge in [0, 0.05) is 17.8 Å². The van der Waals surface area contributed by atoms with Crippen molar-refractivity contribution in [1.29, 1.82) is 0 Å². The number of aryl methyl sites for hydroxylation is 1. The molecule has 0 aliphatic carbocycles. The maximum absolute atomic E-state index is 10.3. The summed E-state index contributed by atoms with van der Waals surface area (Å²) in [5.41, 5.74) is 2.63. The van der Waals surface area contributed by atoms with Crippen molar-refractivity contribution >= 4 is 0 Å². The predicted molar refractivity (Wildman–Crippen MR) is 66.0 cm³/mol. The Labute approximate surface area is 101 Å². The first-order valence-corrected chi connectivity index (χ1v) is 5.46. The molecule has 0 unspecified atom stereocenters. The molecule has 0 saturated carbocycles. The molecule has 1 atom stereocenters. The lowest BCUT2D eigenvalue weighted by Gasteiger charge is -2.14. The third-order valence-corrected chi connectivity index (χ3v) is 2.75. The van der Waals surface area contributed by atoms with Crippen LogP contribution >= 0.6 is 0 Å². The molecule has 1 heterocycles. The van der Waals surface area contributed by atoms with Crippen LogP contribution in [-0.4, -0.2) is 17.2 Å². The van der Waals surface area contributed by atoms with E-state index in [1.807, 2.05) is 43.3 Å². The fraction of sp³-hybridized carbons (Fsp3) is 0.214. The van der Waals surface area contributed by atoms with Crippen molar-refractivity contribution in [3.8, 4) is 5.88 Å². The largest absolute Gasteiger partial charge is 0.481 e. The first-order valence-electron chi connectivity index (χ1n) is 5.46. The van der Waals surface area contributed by atoms with E-state index in [2.05, 4.69) is 4.98 Å². The van der Waals surface area contributed by atoms with Crippen LogP contribution in [0.2, 0.25) is 0 Å². The maximum Gasteiger partial charge on any atom is 0.213 e. The van der Waals surface area contributed by atoms with Gasteiger partial charge in [-0.3, -0.25) is 0 Å². The number of nitrogens with zero attached hydrogens (tertiary/aromatic N) is 1. The van der Waals surface area contributed by atoms with Crippen LogP contribution < -0.4 is 4.74 Å². The van der Waals surface area contributed by atoms with E-state index in [0.29, 0.717) is 5.88 Å². The van der Waals surface area contributed by atoms with Crippen LogP contribution in [0.4, 0.5) is 0 Å². The lowest BCUT2D eigenvalue weighted by Crippen LogP contribution is -2.03. The molecular formula is C14H15NO2. The second-order valence-corrected chi connectivity index (χ2v) is 3.90. The van der Waals surface area contributed by atoms with Crippen molar-refractivity contribution in [2.24, 2.45) is 0 Å². The van der Waals surface area contributed by atoms with Gasteiger partial charge in [0.2, 0.25) is 5.88 Å². The third-order valence-electron chi connectivity index (χ3n) is 2.75. The molecule has 3 nitrogen and oxygen atoms in total. The molecular weight excluding hydrogens is 214 g/mol.